The molecule has 4 heterocycles. The summed E-state index contributed by atoms with van der Waals surface area (Å²) in [6.07, 6.45) is -0.273. The van der Waals surface area contributed by atoms with Gasteiger partial charge < -0.3 is 9.30 Å². The molecule has 0 unspecified atom stereocenters. The van der Waals surface area contributed by atoms with E-state index in [1.54, 1.807) is 24.5 Å². The molecule has 194 valence electrons. The lowest BCUT2D eigenvalue weighted by Crippen LogP contribution is -2.23. The lowest BCUT2D eigenvalue weighted by Gasteiger charge is -2.16. The fourth-order valence-corrected chi connectivity index (χ4v) is 4.42. The first-order valence-corrected chi connectivity index (χ1v) is 11.9. The molecule has 11 heteroatoms. The van der Waals surface area contributed by atoms with Gasteiger partial charge in [-0.05, 0) is 43.7 Å². The van der Waals surface area contributed by atoms with Gasteiger partial charge in [0, 0.05) is 46.9 Å². The van der Waals surface area contributed by atoms with E-state index in [2.05, 4.69) is 20.2 Å². The minimum Gasteiger partial charge on any atom is -0.487 e. The van der Waals surface area contributed by atoms with E-state index in [0.717, 1.165) is 40.0 Å². The first-order chi connectivity index (χ1) is 18.1. The van der Waals surface area contributed by atoms with Gasteiger partial charge in [-0.15, -0.1) is 0 Å². The Labute approximate surface area is 219 Å². The van der Waals surface area contributed by atoms with Crippen LogP contribution in [0, 0.1) is 13.8 Å². The van der Waals surface area contributed by atoms with Crippen molar-refractivity contribution in [2.45, 2.75) is 33.2 Å². The summed E-state index contributed by atoms with van der Waals surface area (Å²) in [4.78, 5) is 21.4. The van der Waals surface area contributed by atoms with E-state index in [0.29, 0.717) is 33.7 Å². The number of aromatic amines is 1. The minimum atomic E-state index is -4.59. The van der Waals surface area contributed by atoms with Crippen molar-refractivity contribution < 1.29 is 17.9 Å². The number of aryl methyl sites for hydroxylation is 2. The average molecular weight is 540 g/mol. The fraction of sp³-hybridized carbons (Fsp3) is 0.185. The maximum atomic E-state index is 13.0. The van der Waals surface area contributed by atoms with E-state index in [9.17, 15) is 18.0 Å². The van der Waals surface area contributed by atoms with Crippen LogP contribution < -0.4 is 10.3 Å². The number of nitrogens with one attached hydrogen (secondary N) is 1. The summed E-state index contributed by atoms with van der Waals surface area (Å²) in [6.45, 7) is 3.84. The third-order valence-corrected chi connectivity index (χ3v) is 6.46. The highest BCUT2D eigenvalue weighted by atomic mass is 35.5. The SMILES string of the molecule is Cc1cc(-c2n[nH]cc2Cl)c2cccc(OCc3c(C)ccnc3Cn3ccc(C(F)(F)F)cc3=O)c2n1. The van der Waals surface area contributed by atoms with Crippen molar-refractivity contribution in [2.75, 3.05) is 0 Å². The van der Waals surface area contributed by atoms with Gasteiger partial charge in [0.1, 0.15) is 23.6 Å². The molecular weight excluding hydrogens is 519 g/mol. The Kier molecular flexibility index (Phi) is 6.66. The Bertz CT molecular complexity index is 1710. The van der Waals surface area contributed by atoms with E-state index < -0.39 is 17.3 Å². The maximum absolute atomic E-state index is 13.0. The zero-order chi connectivity index (χ0) is 27.0. The molecule has 38 heavy (non-hydrogen) atoms. The number of hydrogen-bond donors (Lipinski definition) is 1. The van der Waals surface area contributed by atoms with Gasteiger partial charge in [0.2, 0.25) is 0 Å². The fourth-order valence-electron chi connectivity index (χ4n) is 4.23. The van der Waals surface area contributed by atoms with Crippen LogP contribution in [0.3, 0.4) is 0 Å². The molecule has 0 spiro atoms. The molecular formula is C27H21ClF3N5O2. The van der Waals surface area contributed by atoms with Crippen LogP contribution in [0.2, 0.25) is 5.02 Å². The molecule has 4 aromatic heterocycles. The normalized spacial score (nSPS) is 11.7. The predicted molar refractivity (Wildman–Crippen MR) is 137 cm³/mol. The molecule has 0 amide bonds. The molecule has 0 saturated carbocycles. The lowest BCUT2D eigenvalue weighted by molar-refractivity contribution is -0.137. The van der Waals surface area contributed by atoms with E-state index in [1.807, 2.05) is 32.0 Å². The quantitative estimate of drug-likeness (QED) is 0.282. The number of alkyl halides is 3. The molecule has 5 rings (SSSR count). The van der Waals surface area contributed by atoms with Crippen LogP contribution in [0.4, 0.5) is 13.2 Å². The van der Waals surface area contributed by atoms with Crippen molar-refractivity contribution in [3.8, 4) is 17.0 Å². The molecule has 0 aliphatic carbocycles. The number of para-hydroxylation sites is 1. The third-order valence-electron chi connectivity index (χ3n) is 6.17. The first kappa shape index (κ1) is 25.5. The topological polar surface area (TPSA) is 85.7 Å². The molecule has 0 fully saturated rings. The summed E-state index contributed by atoms with van der Waals surface area (Å²) >= 11 is 6.32. The Balaban J connectivity index is 1.47. The molecule has 0 saturated heterocycles. The van der Waals surface area contributed by atoms with E-state index in [-0.39, 0.29) is 13.2 Å². The number of halogens is 4. The second kappa shape index (κ2) is 9.94. The van der Waals surface area contributed by atoms with E-state index >= 15 is 0 Å². The predicted octanol–water partition coefficient (Wildman–Crippen LogP) is 6.10. The van der Waals surface area contributed by atoms with Crippen LogP contribution in [0.25, 0.3) is 22.2 Å². The van der Waals surface area contributed by atoms with Gasteiger partial charge >= 0.3 is 6.18 Å². The molecule has 1 N–H and O–H groups in total. The minimum absolute atomic E-state index is 0.00789. The number of nitrogens with zero attached hydrogens (tertiary/aromatic N) is 4. The molecule has 0 bridgehead atoms. The summed E-state index contributed by atoms with van der Waals surface area (Å²) in [5.74, 6) is 0.528. The molecule has 0 radical (unpaired) electrons. The van der Waals surface area contributed by atoms with Crippen LogP contribution in [0.1, 0.15) is 28.1 Å². The Morgan fingerprint density at radius 1 is 1.13 bits per heavy atom. The van der Waals surface area contributed by atoms with Crippen LogP contribution in [-0.2, 0) is 19.3 Å². The van der Waals surface area contributed by atoms with Crippen molar-refractivity contribution in [3.05, 3.63) is 105 Å². The van der Waals surface area contributed by atoms with Crippen LogP contribution >= 0.6 is 11.6 Å². The summed E-state index contributed by atoms with van der Waals surface area (Å²) in [7, 11) is 0. The van der Waals surface area contributed by atoms with Gasteiger partial charge in [-0.1, -0.05) is 23.7 Å². The molecule has 1 aromatic carbocycles. The van der Waals surface area contributed by atoms with Gasteiger partial charge in [-0.25, -0.2) is 4.98 Å². The molecule has 0 aliphatic rings. The van der Waals surface area contributed by atoms with Crippen molar-refractivity contribution >= 4 is 22.5 Å². The third kappa shape index (κ3) is 4.99. The monoisotopic (exact) mass is 539 g/mol. The van der Waals surface area contributed by atoms with Crippen LogP contribution in [-0.4, -0.2) is 24.7 Å². The average Bonchev–Trinajstić information content (AvgIpc) is 3.29. The number of fused-ring (bicyclic) bond motifs is 1. The van der Waals surface area contributed by atoms with Crippen molar-refractivity contribution in [3.63, 3.8) is 0 Å². The Hall–Kier alpha value is -4.18. The van der Waals surface area contributed by atoms with Gasteiger partial charge in [0.25, 0.3) is 5.56 Å². The number of hydrogen-bond acceptors (Lipinski definition) is 5. The summed E-state index contributed by atoms with van der Waals surface area (Å²) in [6, 6.07) is 10.7. The number of benzene rings is 1. The smallest absolute Gasteiger partial charge is 0.416 e. The van der Waals surface area contributed by atoms with Crippen LogP contribution in [0.15, 0.2) is 65.8 Å². The number of pyridine rings is 3. The molecule has 5 aromatic rings. The van der Waals surface area contributed by atoms with Gasteiger partial charge in [0.05, 0.1) is 22.8 Å². The molecule has 7 nitrogen and oxygen atoms in total. The van der Waals surface area contributed by atoms with Crippen molar-refractivity contribution in [2.24, 2.45) is 0 Å². The standard InChI is InChI=1S/C27H21ClF3N5O2/c1-15-6-8-32-22(13-36-9-7-17(11-24(36)37)27(29,30)31)20(15)14-38-23-5-3-4-18-19(10-16(2)34-26(18)23)25-21(28)12-33-35-25/h3-12H,13-14H2,1-2H3,(H,33,35). The second-order valence-corrected chi connectivity index (χ2v) is 9.17. The number of rotatable bonds is 6. The second-order valence-electron chi connectivity index (χ2n) is 8.77. The summed E-state index contributed by atoms with van der Waals surface area (Å²) in [5, 5.41) is 8.32. The molecule has 0 aliphatic heterocycles. The lowest BCUT2D eigenvalue weighted by atomic mass is 10.0. The highest BCUT2D eigenvalue weighted by molar-refractivity contribution is 6.33. The Morgan fingerprint density at radius 2 is 1.95 bits per heavy atom. The molecule has 0 atom stereocenters. The zero-order valence-electron chi connectivity index (χ0n) is 20.3. The highest BCUT2D eigenvalue weighted by Crippen LogP contribution is 2.35. The largest absolute Gasteiger partial charge is 0.487 e. The highest BCUT2D eigenvalue weighted by Gasteiger charge is 2.31. The van der Waals surface area contributed by atoms with Crippen molar-refractivity contribution in [1.82, 2.24) is 24.7 Å². The number of H-pyrrole nitrogens is 1. The van der Waals surface area contributed by atoms with Gasteiger partial charge in [0.15, 0.2) is 0 Å². The van der Waals surface area contributed by atoms with E-state index in [4.69, 9.17) is 16.3 Å². The van der Waals surface area contributed by atoms with Crippen LogP contribution in [0.5, 0.6) is 5.75 Å². The van der Waals surface area contributed by atoms with E-state index in [1.165, 1.54) is 4.57 Å². The van der Waals surface area contributed by atoms with Crippen molar-refractivity contribution in [1.29, 1.82) is 0 Å². The maximum Gasteiger partial charge on any atom is 0.416 e. The first-order valence-electron chi connectivity index (χ1n) is 11.6. The zero-order valence-corrected chi connectivity index (χ0v) is 21.1. The number of ether oxygens (including phenoxy) is 1. The summed E-state index contributed by atoms with van der Waals surface area (Å²) in [5.41, 5.74) is 3.13. The number of aromatic nitrogens is 5. The summed E-state index contributed by atoms with van der Waals surface area (Å²) < 4.78 is 46.3. The van der Waals surface area contributed by atoms with Gasteiger partial charge in [-0.3, -0.25) is 14.9 Å². The Morgan fingerprint density at radius 3 is 2.66 bits per heavy atom. The van der Waals surface area contributed by atoms with Gasteiger partial charge in [-0.2, -0.15) is 18.3 Å².